The summed E-state index contributed by atoms with van der Waals surface area (Å²) in [4.78, 5) is 0. The van der Waals surface area contributed by atoms with Crippen molar-refractivity contribution >= 4 is 15.8 Å². The van der Waals surface area contributed by atoms with Crippen LogP contribution in [0.5, 0.6) is 0 Å². The molecule has 6 aliphatic carbocycles. The zero-order valence-electron chi connectivity index (χ0n) is 26.3. The second-order valence-corrected chi connectivity index (χ2v) is 20.8. The summed E-state index contributed by atoms with van der Waals surface area (Å²) in [6.07, 6.45) is 47.2. The quantitative estimate of drug-likeness (QED) is 0.191. The van der Waals surface area contributed by atoms with Crippen molar-refractivity contribution in [1.29, 1.82) is 0 Å². The van der Waals surface area contributed by atoms with Gasteiger partial charge in [0.25, 0.3) is 0 Å². The van der Waals surface area contributed by atoms with Crippen LogP contribution in [0.4, 0.5) is 0 Å². The third-order valence-electron chi connectivity index (χ3n) is 12.0. The fourth-order valence-electron chi connectivity index (χ4n) is 10.1. The van der Waals surface area contributed by atoms with Gasteiger partial charge in [-0.2, -0.15) is 0 Å². The summed E-state index contributed by atoms with van der Waals surface area (Å²) in [6.45, 7) is 0. The van der Waals surface area contributed by atoms with E-state index in [-0.39, 0.29) is 32.8 Å². The van der Waals surface area contributed by atoms with E-state index >= 15 is 0 Å². The topological polar surface area (TPSA) is 0 Å². The summed E-state index contributed by atoms with van der Waals surface area (Å²) >= 11 is 0. The number of halogens is 1. The molecule has 0 heterocycles. The van der Waals surface area contributed by atoms with Crippen molar-refractivity contribution in [2.45, 2.75) is 227 Å². The van der Waals surface area contributed by atoms with Crippen molar-refractivity contribution in [2.75, 3.05) is 0 Å². The van der Waals surface area contributed by atoms with Crippen LogP contribution < -0.4 is 12.4 Å². The third-order valence-corrected chi connectivity index (χ3v) is 20.1. The standard InChI is InChI=1S/2C18H33P.ClH.Pd.H/c2*1-4-10-16(11-5-1)19(17-12-6-2-7-13-17)18-14-8-3-9-15-18;;;/h2*16-18H,1-15H2;1H;;/q;;;+1;/p-1. The number of hydrogen-bond acceptors (Lipinski definition) is 0. The molecule has 6 aliphatic rings. The van der Waals surface area contributed by atoms with Crippen LogP contribution >= 0.6 is 15.8 Å². The zero-order chi connectivity index (χ0) is 25.8. The second kappa shape index (κ2) is 20.8. The van der Waals surface area contributed by atoms with E-state index in [1.807, 2.05) is 0 Å². The van der Waals surface area contributed by atoms with E-state index in [9.17, 15) is 0 Å². The molecule has 0 aliphatic heterocycles. The molecule has 238 valence electrons. The van der Waals surface area contributed by atoms with E-state index < -0.39 is 0 Å². The molecule has 0 aromatic rings. The van der Waals surface area contributed by atoms with Crippen LogP contribution in [0.15, 0.2) is 0 Å². The van der Waals surface area contributed by atoms with Crippen LogP contribution in [-0.4, -0.2) is 34.0 Å². The van der Waals surface area contributed by atoms with Crippen molar-refractivity contribution in [3.8, 4) is 0 Å². The monoisotopic (exact) mass is 702 g/mol. The van der Waals surface area contributed by atoms with E-state index in [2.05, 4.69) is 0 Å². The van der Waals surface area contributed by atoms with E-state index in [4.69, 9.17) is 0 Å². The van der Waals surface area contributed by atoms with E-state index in [1.165, 1.54) is 72.5 Å². The normalized spacial score (nSPS) is 27.4. The number of hydrogen-bond donors (Lipinski definition) is 0. The van der Waals surface area contributed by atoms with Gasteiger partial charge in [0, 0.05) is 0 Å². The van der Waals surface area contributed by atoms with Gasteiger partial charge in [-0.05, 0) is 111 Å². The molecular weight excluding hydrogens is 636 g/mol. The van der Waals surface area contributed by atoms with Gasteiger partial charge in [-0.3, -0.25) is 0 Å². The molecule has 1 radical (unpaired) electrons. The molecule has 0 bridgehead atoms. The van der Waals surface area contributed by atoms with Crippen LogP contribution in [0.1, 0.15) is 193 Å². The molecule has 0 spiro atoms. The molecule has 0 N–H and O–H groups in total. The molecule has 0 aromatic heterocycles. The maximum absolute atomic E-state index is 1.61. The molecule has 6 saturated carbocycles. The van der Waals surface area contributed by atoms with Crippen LogP contribution in [0.2, 0.25) is 0 Å². The minimum absolute atomic E-state index is 0. The Bertz CT molecular complexity index is 471. The zero-order valence-corrected chi connectivity index (χ0v) is 30.5. The predicted molar refractivity (Wildman–Crippen MR) is 176 cm³/mol. The summed E-state index contributed by atoms with van der Waals surface area (Å²) in [6, 6.07) is 0. The van der Waals surface area contributed by atoms with Gasteiger partial charge >= 0.3 is 20.4 Å². The first kappa shape index (κ1) is 36.3. The molecule has 6 rings (SSSR count). The molecule has 40 heavy (non-hydrogen) atoms. The average molecular weight is 704 g/mol. The van der Waals surface area contributed by atoms with E-state index in [0.29, 0.717) is 15.8 Å². The first-order valence-corrected chi connectivity index (χ1v) is 21.5. The van der Waals surface area contributed by atoms with Gasteiger partial charge in [-0.25, -0.2) is 0 Å². The summed E-state index contributed by atoms with van der Waals surface area (Å²) in [5.74, 6) is 0. The molecule has 0 saturated heterocycles. The van der Waals surface area contributed by atoms with Crippen LogP contribution in [0, 0.1) is 0 Å². The van der Waals surface area contributed by atoms with Gasteiger partial charge in [-0.1, -0.05) is 131 Å². The molecule has 6 fully saturated rings. The Morgan fingerprint density at radius 2 is 0.350 bits per heavy atom. The number of rotatable bonds is 6. The van der Waals surface area contributed by atoms with Gasteiger partial charge in [0.15, 0.2) is 0 Å². The summed E-state index contributed by atoms with van der Waals surface area (Å²) in [5.41, 5.74) is 7.14. The Balaban J connectivity index is 0.000000210. The van der Waals surface area contributed by atoms with E-state index in [0.717, 1.165) is 0 Å². The van der Waals surface area contributed by atoms with E-state index in [1.54, 1.807) is 154 Å². The van der Waals surface area contributed by atoms with Gasteiger partial charge < -0.3 is 12.4 Å². The SMILES string of the molecule is C1CCC(P(C2CCCCC2)C2CCCCC2)CC1.C1CCC(P(C2CCCCC2)C2CCCCC2)CC1.[Cl-].[PdH+]. The fraction of sp³-hybridized carbons (Fsp3) is 1.00. The van der Waals surface area contributed by atoms with Crippen molar-refractivity contribution in [1.82, 2.24) is 0 Å². The maximum atomic E-state index is 1.61. The molecule has 0 aromatic carbocycles. The van der Waals surface area contributed by atoms with Crippen LogP contribution in [-0.2, 0) is 20.4 Å². The Morgan fingerprint density at radius 3 is 0.475 bits per heavy atom. The summed E-state index contributed by atoms with van der Waals surface area (Å²) < 4.78 is 0. The Kier molecular flexibility index (Phi) is 18.8. The first-order chi connectivity index (χ1) is 18.9. The Morgan fingerprint density at radius 1 is 0.225 bits per heavy atom. The van der Waals surface area contributed by atoms with Gasteiger partial charge in [-0.15, -0.1) is 0 Å². The van der Waals surface area contributed by atoms with Crippen molar-refractivity contribution in [3.63, 3.8) is 0 Å². The Hall–Kier alpha value is 1.81. The predicted octanol–water partition coefficient (Wildman–Crippen LogP) is 9.67. The summed E-state index contributed by atoms with van der Waals surface area (Å²) in [5, 5.41) is 0. The molecule has 4 heteroatoms. The molecule has 0 atom stereocenters. The van der Waals surface area contributed by atoms with Crippen molar-refractivity contribution < 1.29 is 32.8 Å². The average Bonchev–Trinajstić information content (AvgIpc) is 3.01. The molecule has 0 unspecified atom stereocenters. The van der Waals surface area contributed by atoms with Crippen LogP contribution in [0.25, 0.3) is 0 Å². The van der Waals surface area contributed by atoms with Crippen molar-refractivity contribution in [2.24, 2.45) is 0 Å². The van der Waals surface area contributed by atoms with Crippen molar-refractivity contribution in [3.05, 3.63) is 0 Å². The van der Waals surface area contributed by atoms with Gasteiger partial charge in [0.05, 0.1) is 0 Å². The summed E-state index contributed by atoms with van der Waals surface area (Å²) in [7, 11) is 0.770. The molecule has 0 nitrogen and oxygen atoms in total. The van der Waals surface area contributed by atoms with Crippen LogP contribution in [0.3, 0.4) is 0 Å². The minimum atomic E-state index is 0. The first-order valence-electron chi connectivity index (χ1n) is 18.4. The van der Waals surface area contributed by atoms with Gasteiger partial charge in [0.2, 0.25) is 0 Å². The second-order valence-electron chi connectivity index (χ2n) is 14.6. The van der Waals surface area contributed by atoms with Gasteiger partial charge in [0.1, 0.15) is 0 Å². The third kappa shape index (κ3) is 11.0. The Labute approximate surface area is 273 Å². The molecular formula is C36H67ClP2Pd. The fourth-order valence-corrected chi connectivity index (χ4v) is 19.4. The molecule has 0 amide bonds.